The fourth-order valence-corrected chi connectivity index (χ4v) is 4.01. The van der Waals surface area contributed by atoms with Crippen LogP contribution in [0.4, 0.5) is 0 Å². The first-order valence-electron chi connectivity index (χ1n) is 7.86. The molecule has 0 radical (unpaired) electrons. The average molecular weight is 256 g/mol. The van der Waals surface area contributed by atoms with Crippen LogP contribution in [-0.4, -0.2) is 0 Å². The Morgan fingerprint density at radius 1 is 1.26 bits per heavy atom. The van der Waals surface area contributed by atoms with Crippen molar-refractivity contribution >= 4 is 0 Å². The van der Waals surface area contributed by atoms with Gasteiger partial charge in [-0.1, -0.05) is 62.8 Å². The van der Waals surface area contributed by atoms with Gasteiger partial charge in [-0.3, -0.25) is 0 Å². The third kappa shape index (κ3) is 2.94. The minimum atomic E-state index is 0.367. The van der Waals surface area contributed by atoms with Crippen molar-refractivity contribution < 1.29 is 0 Å². The summed E-state index contributed by atoms with van der Waals surface area (Å²) < 4.78 is 0. The summed E-state index contributed by atoms with van der Waals surface area (Å²) in [5.74, 6) is 1.82. The molecule has 0 fully saturated rings. The standard InChI is InChI=1S/C19H28/c1-4-15-19(3,17-12-7-6-8-13-17)18-14-10-9-11-16(18)5-2/h5,7,9-12,14,16-18H,2,4,6,8,13,15H2,1,3H3. The number of hydrogen-bond donors (Lipinski definition) is 0. The van der Waals surface area contributed by atoms with E-state index in [0.29, 0.717) is 17.3 Å². The fourth-order valence-electron chi connectivity index (χ4n) is 4.01. The van der Waals surface area contributed by atoms with Gasteiger partial charge in [-0.15, -0.1) is 6.58 Å². The summed E-state index contributed by atoms with van der Waals surface area (Å²) >= 11 is 0. The van der Waals surface area contributed by atoms with E-state index >= 15 is 0 Å². The van der Waals surface area contributed by atoms with Crippen LogP contribution in [0.2, 0.25) is 0 Å². The predicted molar refractivity (Wildman–Crippen MR) is 85.0 cm³/mol. The molecule has 0 amide bonds. The van der Waals surface area contributed by atoms with Gasteiger partial charge < -0.3 is 0 Å². The summed E-state index contributed by atoms with van der Waals surface area (Å²) in [4.78, 5) is 0. The zero-order valence-electron chi connectivity index (χ0n) is 12.5. The van der Waals surface area contributed by atoms with Crippen LogP contribution in [0.15, 0.2) is 49.1 Å². The molecule has 4 unspecified atom stereocenters. The molecule has 0 aromatic carbocycles. The molecule has 104 valence electrons. The van der Waals surface area contributed by atoms with E-state index in [0.717, 1.165) is 5.92 Å². The van der Waals surface area contributed by atoms with Crippen molar-refractivity contribution in [1.29, 1.82) is 0 Å². The van der Waals surface area contributed by atoms with Crippen molar-refractivity contribution in [1.82, 2.24) is 0 Å². The molecule has 0 heteroatoms. The topological polar surface area (TPSA) is 0 Å². The van der Waals surface area contributed by atoms with Gasteiger partial charge in [-0.25, -0.2) is 0 Å². The Kier molecular flexibility index (Phi) is 4.85. The second kappa shape index (κ2) is 6.41. The lowest BCUT2D eigenvalue weighted by atomic mass is 9.59. The van der Waals surface area contributed by atoms with E-state index in [2.05, 4.69) is 63.0 Å². The molecular formula is C19H28. The van der Waals surface area contributed by atoms with Crippen LogP contribution >= 0.6 is 0 Å². The highest BCUT2D eigenvalue weighted by atomic mass is 14.4. The van der Waals surface area contributed by atoms with E-state index in [9.17, 15) is 0 Å². The van der Waals surface area contributed by atoms with Crippen LogP contribution in [0.1, 0.15) is 46.0 Å². The number of allylic oxidation sites excluding steroid dienone is 7. The molecule has 0 N–H and O–H groups in total. The third-order valence-electron chi connectivity index (χ3n) is 5.10. The Bertz CT molecular complexity index is 385. The lowest BCUT2D eigenvalue weighted by Crippen LogP contribution is -2.38. The summed E-state index contributed by atoms with van der Waals surface area (Å²) in [7, 11) is 0. The normalized spacial score (nSPS) is 33.1. The molecule has 19 heavy (non-hydrogen) atoms. The molecule has 0 aromatic heterocycles. The van der Waals surface area contributed by atoms with Gasteiger partial charge in [0.05, 0.1) is 0 Å². The minimum Gasteiger partial charge on any atom is -0.102 e. The Morgan fingerprint density at radius 2 is 2.05 bits per heavy atom. The van der Waals surface area contributed by atoms with Gasteiger partial charge in [0, 0.05) is 5.92 Å². The predicted octanol–water partition coefficient (Wildman–Crippen LogP) is 5.69. The van der Waals surface area contributed by atoms with Gasteiger partial charge in [-0.05, 0) is 42.9 Å². The van der Waals surface area contributed by atoms with Gasteiger partial charge >= 0.3 is 0 Å². The first kappa shape index (κ1) is 14.4. The van der Waals surface area contributed by atoms with E-state index in [1.165, 1.54) is 32.1 Å². The van der Waals surface area contributed by atoms with Gasteiger partial charge in [0.15, 0.2) is 0 Å². The molecule has 2 aliphatic carbocycles. The van der Waals surface area contributed by atoms with E-state index in [4.69, 9.17) is 0 Å². The number of rotatable bonds is 5. The molecule has 0 nitrogen and oxygen atoms in total. The second-order valence-corrected chi connectivity index (χ2v) is 6.33. The summed E-state index contributed by atoms with van der Waals surface area (Å²) in [6.07, 6.45) is 22.7. The second-order valence-electron chi connectivity index (χ2n) is 6.33. The summed E-state index contributed by atoms with van der Waals surface area (Å²) in [6, 6.07) is 0. The van der Waals surface area contributed by atoms with Crippen molar-refractivity contribution in [2.24, 2.45) is 23.2 Å². The first-order valence-corrected chi connectivity index (χ1v) is 7.86. The largest absolute Gasteiger partial charge is 0.102 e. The van der Waals surface area contributed by atoms with Crippen molar-refractivity contribution in [3.63, 3.8) is 0 Å². The van der Waals surface area contributed by atoms with Gasteiger partial charge in [0.1, 0.15) is 0 Å². The zero-order chi connectivity index (χ0) is 13.7. The van der Waals surface area contributed by atoms with Gasteiger partial charge in [-0.2, -0.15) is 0 Å². The maximum Gasteiger partial charge on any atom is 0.00154 e. The average Bonchev–Trinajstić information content (AvgIpc) is 2.48. The SMILES string of the molecule is C=CC1C=CC=CC1C(C)(CCC)C1C=CCCC1. The van der Waals surface area contributed by atoms with Gasteiger partial charge in [0.2, 0.25) is 0 Å². The molecule has 0 aliphatic heterocycles. The molecule has 2 rings (SSSR count). The zero-order valence-corrected chi connectivity index (χ0v) is 12.5. The Balaban J connectivity index is 2.29. The summed E-state index contributed by atoms with van der Waals surface area (Å²) in [5, 5.41) is 0. The highest BCUT2D eigenvalue weighted by Gasteiger charge is 2.41. The fraction of sp³-hybridized carbons (Fsp3) is 0.579. The van der Waals surface area contributed by atoms with E-state index in [1.54, 1.807) is 0 Å². The third-order valence-corrected chi connectivity index (χ3v) is 5.10. The van der Waals surface area contributed by atoms with Crippen LogP contribution in [-0.2, 0) is 0 Å². The first-order chi connectivity index (χ1) is 9.22. The Morgan fingerprint density at radius 3 is 2.68 bits per heavy atom. The van der Waals surface area contributed by atoms with E-state index in [1.807, 2.05) is 0 Å². The van der Waals surface area contributed by atoms with Crippen LogP contribution in [0.3, 0.4) is 0 Å². The van der Waals surface area contributed by atoms with Crippen LogP contribution < -0.4 is 0 Å². The van der Waals surface area contributed by atoms with Crippen molar-refractivity contribution in [3.05, 3.63) is 49.1 Å². The molecule has 0 spiro atoms. The van der Waals surface area contributed by atoms with Crippen LogP contribution in [0, 0.1) is 23.2 Å². The molecule has 0 heterocycles. The maximum absolute atomic E-state index is 4.05. The van der Waals surface area contributed by atoms with Crippen molar-refractivity contribution in [2.75, 3.05) is 0 Å². The summed E-state index contributed by atoms with van der Waals surface area (Å²) in [6.45, 7) is 8.87. The van der Waals surface area contributed by atoms with E-state index in [-0.39, 0.29) is 0 Å². The molecule has 0 bridgehead atoms. The molecular weight excluding hydrogens is 228 g/mol. The quantitative estimate of drug-likeness (QED) is 0.554. The van der Waals surface area contributed by atoms with Crippen LogP contribution in [0.25, 0.3) is 0 Å². The van der Waals surface area contributed by atoms with Crippen molar-refractivity contribution in [2.45, 2.75) is 46.0 Å². The lowest BCUT2D eigenvalue weighted by Gasteiger charge is -2.45. The van der Waals surface area contributed by atoms with Crippen LogP contribution in [0.5, 0.6) is 0 Å². The number of hydrogen-bond acceptors (Lipinski definition) is 0. The molecule has 0 saturated heterocycles. The van der Waals surface area contributed by atoms with Crippen molar-refractivity contribution in [3.8, 4) is 0 Å². The monoisotopic (exact) mass is 256 g/mol. The smallest absolute Gasteiger partial charge is 0.00154 e. The highest BCUT2D eigenvalue weighted by molar-refractivity contribution is 5.22. The maximum atomic E-state index is 4.05. The molecule has 0 saturated carbocycles. The van der Waals surface area contributed by atoms with E-state index < -0.39 is 0 Å². The molecule has 2 aliphatic rings. The lowest BCUT2D eigenvalue weighted by molar-refractivity contribution is 0.108. The Labute approximate surface area is 119 Å². The highest BCUT2D eigenvalue weighted by Crippen LogP contribution is 2.49. The Hall–Kier alpha value is -1.04. The summed E-state index contributed by atoms with van der Waals surface area (Å²) in [5.41, 5.74) is 0.367. The van der Waals surface area contributed by atoms with Gasteiger partial charge in [0.25, 0.3) is 0 Å². The molecule has 4 atom stereocenters. The molecule has 0 aromatic rings. The minimum absolute atomic E-state index is 0.367.